The number of thiophene rings is 1. The zero-order chi connectivity index (χ0) is 37.5. The van der Waals surface area contributed by atoms with E-state index in [0.29, 0.717) is 17.5 Å². The summed E-state index contributed by atoms with van der Waals surface area (Å²) in [6, 6.07) is 60.9. The summed E-state index contributed by atoms with van der Waals surface area (Å²) in [4.78, 5) is 15.1. The fourth-order valence-corrected chi connectivity index (χ4v) is 9.48. The van der Waals surface area contributed by atoms with Crippen molar-refractivity contribution in [3.63, 3.8) is 0 Å². The molecule has 5 nitrogen and oxygen atoms in total. The molecular formula is C51H29N3O2S. The van der Waals surface area contributed by atoms with E-state index >= 15 is 0 Å². The van der Waals surface area contributed by atoms with Crippen LogP contribution < -0.4 is 0 Å². The first kappa shape index (κ1) is 31.9. The van der Waals surface area contributed by atoms with Crippen molar-refractivity contribution in [3.05, 3.63) is 176 Å². The van der Waals surface area contributed by atoms with Gasteiger partial charge in [-0.3, -0.25) is 0 Å². The van der Waals surface area contributed by atoms with Crippen LogP contribution in [0.5, 0.6) is 0 Å². The zero-order valence-corrected chi connectivity index (χ0v) is 31.1. The lowest BCUT2D eigenvalue weighted by molar-refractivity contribution is 0.669. The Morgan fingerprint density at radius 3 is 1.68 bits per heavy atom. The van der Waals surface area contributed by atoms with E-state index in [1.165, 1.54) is 25.7 Å². The number of furan rings is 2. The Morgan fingerprint density at radius 2 is 0.860 bits per heavy atom. The Bertz CT molecular complexity index is 3530. The number of hydrogen-bond acceptors (Lipinski definition) is 6. The Morgan fingerprint density at radius 1 is 0.316 bits per heavy atom. The van der Waals surface area contributed by atoms with Crippen molar-refractivity contribution in [3.8, 4) is 56.4 Å². The molecule has 57 heavy (non-hydrogen) atoms. The fourth-order valence-electron chi connectivity index (χ4n) is 8.34. The summed E-state index contributed by atoms with van der Waals surface area (Å²) in [7, 11) is 0. The van der Waals surface area contributed by atoms with Crippen molar-refractivity contribution >= 4 is 75.4 Å². The summed E-state index contributed by atoms with van der Waals surface area (Å²) in [5.74, 6) is 1.74. The summed E-state index contributed by atoms with van der Waals surface area (Å²) in [5, 5.41) is 6.86. The van der Waals surface area contributed by atoms with Gasteiger partial charge in [0.05, 0.1) is 5.56 Å². The number of nitrogens with zero attached hydrogens (tertiary/aromatic N) is 3. The summed E-state index contributed by atoms with van der Waals surface area (Å²) in [5.41, 5.74) is 10.4. The lowest BCUT2D eigenvalue weighted by Gasteiger charge is -2.11. The predicted octanol–water partition coefficient (Wildman–Crippen LogP) is 14.4. The monoisotopic (exact) mass is 747 g/mol. The highest BCUT2D eigenvalue weighted by Crippen LogP contribution is 2.46. The lowest BCUT2D eigenvalue weighted by Crippen LogP contribution is -2.00. The van der Waals surface area contributed by atoms with Gasteiger partial charge < -0.3 is 8.83 Å². The van der Waals surface area contributed by atoms with E-state index in [-0.39, 0.29) is 0 Å². The molecule has 0 bridgehead atoms. The van der Waals surface area contributed by atoms with E-state index in [4.69, 9.17) is 23.8 Å². The molecule has 0 spiro atoms. The van der Waals surface area contributed by atoms with Crippen LogP contribution in [0.2, 0.25) is 0 Å². The maximum absolute atomic E-state index is 6.74. The van der Waals surface area contributed by atoms with Gasteiger partial charge in [0.1, 0.15) is 22.3 Å². The standard InChI is InChI=1S/C51H29N3O2S/c1-2-12-31(13-3-1)49-52-50(54-51(53-49)40-19-10-18-37-34-14-4-7-20-41(34)55-47(37)40)32-26-24-30(25-27-32)33-28-29-36(46-38-15-5-8-21-42(38)56-48(33)46)35-17-11-23-44-45(35)39-16-6-9-22-43(39)57-44/h1-29H. The Kier molecular flexibility index (Phi) is 7.03. The molecule has 8 aromatic carbocycles. The minimum Gasteiger partial charge on any atom is -0.455 e. The van der Waals surface area contributed by atoms with E-state index in [1.54, 1.807) is 0 Å². The molecule has 0 saturated heterocycles. The van der Waals surface area contributed by atoms with Crippen molar-refractivity contribution in [1.29, 1.82) is 0 Å². The highest BCUT2D eigenvalue weighted by molar-refractivity contribution is 7.25. The molecule has 12 aromatic rings. The van der Waals surface area contributed by atoms with E-state index < -0.39 is 0 Å². The number of hydrogen-bond donors (Lipinski definition) is 0. The molecule has 0 atom stereocenters. The van der Waals surface area contributed by atoms with E-state index in [2.05, 4.69) is 109 Å². The molecule has 4 heterocycles. The van der Waals surface area contributed by atoms with Crippen molar-refractivity contribution in [2.75, 3.05) is 0 Å². The molecule has 0 radical (unpaired) electrons. The molecular weight excluding hydrogens is 719 g/mol. The molecule has 0 fully saturated rings. The smallest absolute Gasteiger partial charge is 0.167 e. The van der Waals surface area contributed by atoms with Gasteiger partial charge in [-0.2, -0.15) is 0 Å². The molecule has 0 aliphatic heterocycles. The Hall–Kier alpha value is -7.41. The summed E-state index contributed by atoms with van der Waals surface area (Å²) in [6.45, 7) is 0. The third kappa shape index (κ3) is 5.04. The van der Waals surface area contributed by atoms with Gasteiger partial charge in [-0.15, -0.1) is 11.3 Å². The molecule has 6 heteroatoms. The third-order valence-corrected chi connectivity index (χ3v) is 12.1. The van der Waals surface area contributed by atoms with Crippen molar-refractivity contribution in [1.82, 2.24) is 15.0 Å². The van der Waals surface area contributed by atoms with Gasteiger partial charge in [0, 0.05) is 58.4 Å². The molecule has 12 rings (SSSR count). The van der Waals surface area contributed by atoms with Gasteiger partial charge in [0.2, 0.25) is 0 Å². The maximum atomic E-state index is 6.74. The number of aromatic nitrogens is 3. The molecule has 0 aliphatic rings. The first-order valence-electron chi connectivity index (χ1n) is 18.9. The van der Waals surface area contributed by atoms with E-state index in [9.17, 15) is 0 Å². The summed E-state index contributed by atoms with van der Waals surface area (Å²) >= 11 is 1.84. The highest BCUT2D eigenvalue weighted by Gasteiger charge is 2.21. The van der Waals surface area contributed by atoms with Crippen LogP contribution in [0.4, 0.5) is 0 Å². The molecule has 4 aromatic heterocycles. The predicted molar refractivity (Wildman–Crippen MR) is 234 cm³/mol. The molecule has 0 aliphatic carbocycles. The second-order valence-corrected chi connectivity index (χ2v) is 15.4. The first-order valence-corrected chi connectivity index (χ1v) is 19.7. The normalized spacial score (nSPS) is 11.9. The number of para-hydroxylation sites is 3. The molecule has 266 valence electrons. The number of benzene rings is 8. The van der Waals surface area contributed by atoms with E-state index in [0.717, 1.165) is 77.3 Å². The first-order chi connectivity index (χ1) is 28.2. The largest absolute Gasteiger partial charge is 0.455 e. The van der Waals surface area contributed by atoms with Crippen LogP contribution in [-0.2, 0) is 0 Å². The van der Waals surface area contributed by atoms with Crippen LogP contribution in [-0.4, -0.2) is 15.0 Å². The SMILES string of the molecule is c1ccc(-c2nc(-c3ccc(-c4ccc(-c5cccc6sc7ccccc7c56)c5c4oc4ccccc45)cc3)nc(-c3cccc4c3oc3ccccc34)n2)cc1. The second-order valence-electron chi connectivity index (χ2n) is 14.3. The topological polar surface area (TPSA) is 65.0 Å². The van der Waals surface area contributed by atoms with Crippen LogP contribution >= 0.6 is 11.3 Å². The van der Waals surface area contributed by atoms with E-state index in [1.807, 2.05) is 78.1 Å². The van der Waals surface area contributed by atoms with Crippen LogP contribution in [0.1, 0.15) is 0 Å². The maximum Gasteiger partial charge on any atom is 0.167 e. The molecule has 0 amide bonds. The molecule has 0 saturated carbocycles. The van der Waals surface area contributed by atoms with Gasteiger partial charge in [-0.1, -0.05) is 140 Å². The third-order valence-electron chi connectivity index (χ3n) is 11.0. The van der Waals surface area contributed by atoms with Gasteiger partial charge in [0.25, 0.3) is 0 Å². The van der Waals surface area contributed by atoms with Gasteiger partial charge in [-0.05, 0) is 53.1 Å². The van der Waals surface area contributed by atoms with Gasteiger partial charge in [0.15, 0.2) is 17.5 Å². The Labute approximate surface area is 330 Å². The van der Waals surface area contributed by atoms with Crippen LogP contribution in [0.25, 0.3) is 120 Å². The lowest BCUT2D eigenvalue weighted by atomic mass is 9.92. The van der Waals surface area contributed by atoms with Crippen molar-refractivity contribution in [2.24, 2.45) is 0 Å². The highest BCUT2D eigenvalue weighted by atomic mass is 32.1. The second kappa shape index (κ2) is 12.6. The average molecular weight is 748 g/mol. The minimum absolute atomic E-state index is 0.556. The minimum atomic E-state index is 0.556. The zero-order valence-electron chi connectivity index (χ0n) is 30.3. The van der Waals surface area contributed by atoms with Crippen molar-refractivity contribution in [2.45, 2.75) is 0 Å². The molecule has 0 N–H and O–H groups in total. The van der Waals surface area contributed by atoms with Crippen LogP contribution in [0.3, 0.4) is 0 Å². The number of fused-ring (bicyclic) bond motifs is 9. The van der Waals surface area contributed by atoms with Gasteiger partial charge in [-0.25, -0.2) is 15.0 Å². The quantitative estimate of drug-likeness (QED) is 0.175. The Balaban J connectivity index is 1.01. The van der Waals surface area contributed by atoms with Crippen molar-refractivity contribution < 1.29 is 8.83 Å². The molecule has 0 unspecified atom stereocenters. The van der Waals surface area contributed by atoms with Crippen LogP contribution in [0, 0.1) is 0 Å². The average Bonchev–Trinajstić information content (AvgIpc) is 3.98. The number of rotatable bonds is 5. The summed E-state index contributed by atoms with van der Waals surface area (Å²) in [6.07, 6.45) is 0. The van der Waals surface area contributed by atoms with Crippen LogP contribution in [0.15, 0.2) is 185 Å². The summed E-state index contributed by atoms with van der Waals surface area (Å²) < 4.78 is 15.7. The fraction of sp³-hybridized carbons (Fsp3) is 0. The van der Waals surface area contributed by atoms with Gasteiger partial charge >= 0.3 is 0 Å².